The molecule has 1 saturated heterocycles. The number of morpholine rings is 1. The Morgan fingerprint density at radius 3 is 2.38 bits per heavy atom. The van der Waals surface area contributed by atoms with Crippen LogP contribution in [-0.2, 0) is 4.74 Å². The number of nitrogens with zero attached hydrogens (tertiary/aromatic N) is 3. The molecular formula is C26H23FN4O3. The summed E-state index contributed by atoms with van der Waals surface area (Å²) in [5, 5.41) is 11.0. The van der Waals surface area contributed by atoms with Crippen LogP contribution in [0.1, 0.15) is 15.9 Å². The van der Waals surface area contributed by atoms with E-state index in [2.05, 4.69) is 15.5 Å². The molecule has 7 nitrogen and oxygen atoms in total. The van der Waals surface area contributed by atoms with E-state index in [1.807, 2.05) is 36.1 Å². The molecule has 0 radical (unpaired) electrons. The molecule has 1 aliphatic heterocycles. The lowest BCUT2D eigenvalue weighted by Gasteiger charge is -2.29. The molecule has 0 bridgehead atoms. The lowest BCUT2D eigenvalue weighted by atomic mass is 10.1. The third kappa shape index (κ3) is 4.67. The van der Waals surface area contributed by atoms with Crippen molar-refractivity contribution in [2.75, 3.05) is 36.5 Å². The highest BCUT2D eigenvalue weighted by atomic mass is 19.1. The molecule has 1 N–H and O–H groups in total. The van der Waals surface area contributed by atoms with Gasteiger partial charge in [-0.25, -0.2) is 4.39 Å². The molecule has 8 heteroatoms. The fourth-order valence-electron chi connectivity index (χ4n) is 3.85. The van der Waals surface area contributed by atoms with Gasteiger partial charge in [-0.1, -0.05) is 17.7 Å². The summed E-state index contributed by atoms with van der Waals surface area (Å²) in [4.78, 5) is 14.6. The molecule has 172 valence electrons. The number of rotatable bonds is 5. The zero-order chi connectivity index (χ0) is 23.5. The van der Waals surface area contributed by atoms with Gasteiger partial charge in [0.15, 0.2) is 0 Å². The van der Waals surface area contributed by atoms with Crippen LogP contribution in [0.15, 0.2) is 71.1 Å². The van der Waals surface area contributed by atoms with Crippen molar-refractivity contribution in [1.82, 2.24) is 10.2 Å². The van der Waals surface area contributed by atoms with Gasteiger partial charge in [0.25, 0.3) is 5.91 Å². The van der Waals surface area contributed by atoms with Crippen molar-refractivity contribution in [1.29, 1.82) is 0 Å². The average molecular weight is 458 g/mol. The molecule has 0 atom stereocenters. The van der Waals surface area contributed by atoms with E-state index in [0.29, 0.717) is 60.6 Å². The number of anilines is 2. The van der Waals surface area contributed by atoms with Crippen molar-refractivity contribution < 1.29 is 18.3 Å². The van der Waals surface area contributed by atoms with E-state index >= 15 is 0 Å². The Morgan fingerprint density at radius 2 is 1.68 bits per heavy atom. The SMILES string of the molecule is Cc1cccc(-c2nnc(-c3ccc(C(=O)Nc4ccc(N5CCOCC5)c(F)c4)cc3)o2)c1. The van der Waals surface area contributed by atoms with Gasteiger partial charge < -0.3 is 19.4 Å². The van der Waals surface area contributed by atoms with Crippen molar-refractivity contribution in [3.05, 3.63) is 83.7 Å². The topological polar surface area (TPSA) is 80.5 Å². The predicted octanol–water partition coefficient (Wildman–Crippen LogP) is 4.94. The summed E-state index contributed by atoms with van der Waals surface area (Å²) in [6, 6.07) is 19.3. The summed E-state index contributed by atoms with van der Waals surface area (Å²) in [5.41, 5.74) is 3.98. The molecule has 1 aromatic heterocycles. The molecule has 0 unspecified atom stereocenters. The van der Waals surface area contributed by atoms with Crippen molar-refractivity contribution in [3.8, 4) is 22.9 Å². The number of hydrogen-bond donors (Lipinski definition) is 1. The van der Waals surface area contributed by atoms with Crippen LogP contribution in [0.4, 0.5) is 15.8 Å². The fourth-order valence-corrected chi connectivity index (χ4v) is 3.85. The molecule has 0 spiro atoms. The number of nitrogens with one attached hydrogen (secondary N) is 1. The molecule has 1 fully saturated rings. The summed E-state index contributed by atoms with van der Waals surface area (Å²) in [5.74, 6) is 0.0826. The van der Waals surface area contributed by atoms with Crippen LogP contribution in [0.5, 0.6) is 0 Å². The summed E-state index contributed by atoms with van der Waals surface area (Å²) >= 11 is 0. The standard InChI is InChI=1S/C26H23FN4O3/c1-17-3-2-4-20(15-17)26-30-29-25(34-26)19-7-5-18(6-8-19)24(32)28-21-9-10-23(22(27)16-21)31-11-13-33-14-12-31/h2-10,15-16H,11-14H2,1H3,(H,28,32). The first-order valence-electron chi connectivity index (χ1n) is 11.0. The first-order valence-corrected chi connectivity index (χ1v) is 11.0. The molecule has 0 saturated carbocycles. The van der Waals surface area contributed by atoms with E-state index in [1.165, 1.54) is 6.07 Å². The number of amides is 1. The number of hydrogen-bond acceptors (Lipinski definition) is 6. The lowest BCUT2D eigenvalue weighted by Crippen LogP contribution is -2.36. The Hall–Kier alpha value is -4.04. The maximum absolute atomic E-state index is 14.6. The van der Waals surface area contributed by atoms with Crippen LogP contribution in [0, 0.1) is 12.7 Å². The molecule has 34 heavy (non-hydrogen) atoms. The van der Waals surface area contributed by atoms with Gasteiger partial charge in [-0.15, -0.1) is 10.2 Å². The molecule has 5 rings (SSSR count). The van der Waals surface area contributed by atoms with Gasteiger partial charge >= 0.3 is 0 Å². The number of ether oxygens (including phenoxy) is 1. The largest absolute Gasteiger partial charge is 0.416 e. The second-order valence-corrected chi connectivity index (χ2v) is 8.08. The molecule has 1 amide bonds. The first kappa shape index (κ1) is 21.8. The first-order chi connectivity index (χ1) is 16.6. The Bertz CT molecular complexity index is 1310. The van der Waals surface area contributed by atoms with E-state index in [1.54, 1.807) is 36.4 Å². The van der Waals surface area contributed by atoms with E-state index in [4.69, 9.17) is 9.15 Å². The molecule has 3 aromatic carbocycles. The lowest BCUT2D eigenvalue weighted by molar-refractivity contribution is 0.102. The molecule has 1 aliphatic rings. The zero-order valence-electron chi connectivity index (χ0n) is 18.6. The van der Waals surface area contributed by atoms with Gasteiger partial charge in [-0.05, 0) is 61.5 Å². The second kappa shape index (κ2) is 9.44. The molecule has 2 heterocycles. The fraction of sp³-hybridized carbons (Fsp3) is 0.192. The van der Waals surface area contributed by atoms with Crippen LogP contribution < -0.4 is 10.2 Å². The van der Waals surface area contributed by atoms with Crippen LogP contribution >= 0.6 is 0 Å². The van der Waals surface area contributed by atoms with Gasteiger partial charge in [0, 0.05) is 35.5 Å². The minimum Gasteiger partial charge on any atom is -0.416 e. The number of aryl methyl sites for hydroxylation is 1. The highest BCUT2D eigenvalue weighted by molar-refractivity contribution is 6.04. The van der Waals surface area contributed by atoms with Gasteiger partial charge in [0.1, 0.15) is 5.82 Å². The van der Waals surface area contributed by atoms with Crippen molar-refractivity contribution >= 4 is 17.3 Å². The van der Waals surface area contributed by atoms with Gasteiger partial charge in [0.05, 0.1) is 18.9 Å². The van der Waals surface area contributed by atoms with E-state index in [-0.39, 0.29) is 11.7 Å². The molecule has 0 aliphatic carbocycles. The minimum absolute atomic E-state index is 0.337. The highest BCUT2D eigenvalue weighted by Crippen LogP contribution is 2.26. The van der Waals surface area contributed by atoms with Gasteiger partial charge in [0.2, 0.25) is 11.8 Å². The van der Waals surface area contributed by atoms with Crippen molar-refractivity contribution in [3.63, 3.8) is 0 Å². The quantitative estimate of drug-likeness (QED) is 0.456. The Morgan fingerprint density at radius 1 is 0.941 bits per heavy atom. The highest BCUT2D eigenvalue weighted by Gasteiger charge is 2.16. The van der Waals surface area contributed by atoms with E-state index < -0.39 is 0 Å². The summed E-state index contributed by atoms with van der Waals surface area (Å²) in [7, 11) is 0. The van der Waals surface area contributed by atoms with Gasteiger partial charge in [-0.3, -0.25) is 4.79 Å². The van der Waals surface area contributed by atoms with E-state index in [9.17, 15) is 9.18 Å². The number of aromatic nitrogens is 2. The third-order valence-electron chi connectivity index (χ3n) is 5.64. The Labute approximate surface area is 196 Å². The van der Waals surface area contributed by atoms with E-state index in [0.717, 1.165) is 11.1 Å². The second-order valence-electron chi connectivity index (χ2n) is 8.08. The smallest absolute Gasteiger partial charge is 0.255 e. The average Bonchev–Trinajstić information content (AvgIpc) is 3.35. The van der Waals surface area contributed by atoms with Crippen molar-refractivity contribution in [2.45, 2.75) is 6.92 Å². The van der Waals surface area contributed by atoms with Gasteiger partial charge in [-0.2, -0.15) is 0 Å². The predicted molar refractivity (Wildman–Crippen MR) is 127 cm³/mol. The van der Waals surface area contributed by atoms with Crippen LogP contribution in [0.2, 0.25) is 0 Å². The number of carbonyl (C=O) groups is 1. The number of carbonyl (C=O) groups excluding carboxylic acids is 1. The Balaban J connectivity index is 1.27. The monoisotopic (exact) mass is 458 g/mol. The van der Waals surface area contributed by atoms with Crippen LogP contribution in [0.3, 0.4) is 0 Å². The third-order valence-corrected chi connectivity index (χ3v) is 5.64. The summed E-state index contributed by atoms with van der Waals surface area (Å²) in [6.07, 6.45) is 0. The number of benzene rings is 3. The van der Waals surface area contributed by atoms with Crippen LogP contribution in [-0.4, -0.2) is 42.4 Å². The normalized spacial score (nSPS) is 13.6. The Kier molecular flexibility index (Phi) is 6.05. The number of halogens is 1. The summed E-state index contributed by atoms with van der Waals surface area (Å²) < 4.78 is 25.7. The zero-order valence-corrected chi connectivity index (χ0v) is 18.6. The van der Waals surface area contributed by atoms with Crippen LogP contribution in [0.25, 0.3) is 22.9 Å². The summed E-state index contributed by atoms with van der Waals surface area (Å²) in [6.45, 7) is 4.43. The maximum atomic E-state index is 14.6. The molecule has 4 aromatic rings. The minimum atomic E-state index is -0.379. The maximum Gasteiger partial charge on any atom is 0.255 e. The molecular weight excluding hydrogens is 435 g/mol. The van der Waals surface area contributed by atoms with Crippen molar-refractivity contribution in [2.24, 2.45) is 0 Å².